The maximum Gasteiger partial charge on any atom is 0.251 e. The molecule has 1 N–H and O–H groups in total. The molecule has 106 valence electrons. The van der Waals surface area contributed by atoms with Crippen molar-refractivity contribution in [3.63, 3.8) is 0 Å². The van der Waals surface area contributed by atoms with Crippen LogP contribution in [-0.2, 0) is 13.6 Å². The highest BCUT2D eigenvalue weighted by atomic mass is 16.3. The highest BCUT2D eigenvalue weighted by Crippen LogP contribution is 2.16. The van der Waals surface area contributed by atoms with Crippen LogP contribution in [0, 0.1) is 0 Å². The topological polar surface area (TPSA) is 85.8 Å². The Morgan fingerprint density at radius 2 is 2.24 bits per heavy atom. The lowest BCUT2D eigenvalue weighted by molar-refractivity contribution is 0.0948. The molecule has 0 aliphatic carbocycles. The zero-order chi connectivity index (χ0) is 14.7. The molecule has 3 aromatic rings. The molecule has 7 heteroatoms. The van der Waals surface area contributed by atoms with Gasteiger partial charge in [-0.1, -0.05) is 12.1 Å². The van der Waals surface area contributed by atoms with E-state index in [1.54, 1.807) is 42.3 Å². The van der Waals surface area contributed by atoms with Crippen molar-refractivity contribution in [3.8, 4) is 11.4 Å². The lowest BCUT2D eigenvalue weighted by Gasteiger charge is -2.05. The molecule has 0 aliphatic heterocycles. The number of hydrogen-bond acceptors (Lipinski definition) is 5. The first-order valence-electron chi connectivity index (χ1n) is 6.37. The van der Waals surface area contributed by atoms with E-state index in [2.05, 4.69) is 20.8 Å². The molecule has 0 saturated heterocycles. The van der Waals surface area contributed by atoms with E-state index in [4.69, 9.17) is 4.42 Å². The smallest absolute Gasteiger partial charge is 0.251 e. The van der Waals surface area contributed by atoms with Gasteiger partial charge in [-0.15, -0.1) is 5.10 Å². The maximum atomic E-state index is 12.1. The van der Waals surface area contributed by atoms with Gasteiger partial charge in [-0.05, 0) is 34.7 Å². The molecule has 0 fully saturated rings. The quantitative estimate of drug-likeness (QED) is 0.782. The molecule has 0 aliphatic rings. The number of rotatable bonds is 4. The van der Waals surface area contributed by atoms with Crippen molar-refractivity contribution in [1.29, 1.82) is 0 Å². The van der Waals surface area contributed by atoms with E-state index in [1.165, 1.54) is 0 Å². The van der Waals surface area contributed by atoms with Crippen molar-refractivity contribution < 1.29 is 9.21 Å². The number of aryl methyl sites for hydroxylation is 1. The Kier molecular flexibility index (Phi) is 3.46. The van der Waals surface area contributed by atoms with Crippen LogP contribution < -0.4 is 5.32 Å². The van der Waals surface area contributed by atoms with Gasteiger partial charge in [-0.3, -0.25) is 4.79 Å². The van der Waals surface area contributed by atoms with Gasteiger partial charge in [0, 0.05) is 18.2 Å². The first-order valence-corrected chi connectivity index (χ1v) is 6.37. The van der Waals surface area contributed by atoms with Gasteiger partial charge < -0.3 is 9.73 Å². The third kappa shape index (κ3) is 2.81. The fraction of sp³-hybridized carbons (Fsp3) is 0.143. The van der Waals surface area contributed by atoms with Crippen LogP contribution in [0.4, 0.5) is 0 Å². The zero-order valence-corrected chi connectivity index (χ0v) is 11.4. The van der Waals surface area contributed by atoms with Crippen LogP contribution in [0.2, 0.25) is 0 Å². The summed E-state index contributed by atoms with van der Waals surface area (Å²) in [7, 11) is 1.75. The van der Waals surface area contributed by atoms with Crippen LogP contribution in [0.25, 0.3) is 11.4 Å². The summed E-state index contributed by atoms with van der Waals surface area (Å²) in [6.45, 7) is 0.349. The van der Waals surface area contributed by atoms with Crippen LogP contribution in [0.5, 0.6) is 0 Å². The number of carbonyl (C=O) groups excluding carboxylic acids is 1. The first-order chi connectivity index (χ1) is 10.2. The molecular weight excluding hydrogens is 270 g/mol. The van der Waals surface area contributed by atoms with E-state index in [-0.39, 0.29) is 5.91 Å². The van der Waals surface area contributed by atoms with Crippen LogP contribution in [0.3, 0.4) is 0 Å². The van der Waals surface area contributed by atoms with Gasteiger partial charge in [0.15, 0.2) is 5.82 Å². The lowest BCUT2D eigenvalue weighted by atomic mass is 10.1. The Balaban J connectivity index is 1.76. The minimum absolute atomic E-state index is 0.177. The SMILES string of the molecule is Cn1nnnc1-c1cccc(C(=O)NCc2ccco2)c1. The van der Waals surface area contributed by atoms with Crippen molar-refractivity contribution in [2.75, 3.05) is 0 Å². The first kappa shape index (κ1) is 13.0. The second kappa shape index (κ2) is 5.58. The van der Waals surface area contributed by atoms with Crippen LogP contribution in [0.1, 0.15) is 16.1 Å². The van der Waals surface area contributed by atoms with Crippen LogP contribution in [0.15, 0.2) is 47.1 Å². The molecule has 2 aromatic heterocycles. The minimum atomic E-state index is -0.177. The van der Waals surface area contributed by atoms with Gasteiger partial charge in [0.1, 0.15) is 5.76 Å². The van der Waals surface area contributed by atoms with E-state index in [0.717, 1.165) is 5.56 Å². The van der Waals surface area contributed by atoms with Gasteiger partial charge in [0.05, 0.1) is 12.8 Å². The molecule has 0 saturated carbocycles. The van der Waals surface area contributed by atoms with Gasteiger partial charge in [0.2, 0.25) is 0 Å². The molecule has 1 aromatic carbocycles. The number of aromatic nitrogens is 4. The van der Waals surface area contributed by atoms with Gasteiger partial charge in [0.25, 0.3) is 5.91 Å². The summed E-state index contributed by atoms with van der Waals surface area (Å²) in [5.41, 5.74) is 1.33. The number of benzene rings is 1. The average molecular weight is 283 g/mol. The number of nitrogens with zero attached hydrogens (tertiary/aromatic N) is 4. The van der Waals surface area contributed by atoms with Crippen molar-refractivity contribution in [1.82, 2.24) is 25.5 Å². The van der Waals surface area contributed by atoms with Crippen LogP contribution in [-0.4, -0.2) is 26.1 Å². The number of tetrazole rings is 1. The second-order valence-corrected chi connectivity index (χ2v) is 4.47. The average Bonchev–Trinajstić information content (AvgIpc) is 3.16. The highest BCUT2D eigenvalue weighted by molar-refractivity contribution is 5.95. The molecular formula is C14H13N5O2. The monoisotopic (exact) mass is 283 g/mol. The standard InChI is InChI=1S/C14H13N5O2/c1-19-13(16-17-18-19)10-4-2-5-11(8-10)14(20)15-9-12-6-3-7-21-12/h2-8H,9H2,1H3,(H,15,20). The van der Waals surface area contributed by atoms with Crippen molar-refractivity contribution in [3.05, 3.63) is 54.0 Å². The largest absolute Gasteiger partial charge is 0.467 e. The molecule has 2 heterocycles. The van der Waals surface area contributed by atoms with E-state index in [1.807, 2.05) is 12.1 Å². The predicted molar refractivity (Wildman–Crippen MR) is 74.1 cm³/mol. The summed E-state index contributed by atoms with van der Waals surface area (Å²) in [4.78, 5) is 12.1. The summed E-state index contributed by atoms with van der Waals surface area (Å²) in [6.07, 6.45) is 1.57. The Bertz CT molecular complexity index is 748. The van der Waals surface area contributed by atoms with Gasteiger partial charge in [-0.2, -0.15) is 0 Å². The van der Waals surface area contributed by atoms with E-state index < -0.39 is 0 Å². The van der Waals surface area contributed by atoms with Gasteiger partial charge >= 0.3 is 0 Å². The number of nitrogens with one attached hydrogen (secondary N) is 1. The van der Waals surface area contributed by atoms with Crippen molar-refractivity contribution in [2.45, 2.75) is 6.54 Å². The van der Waals surface area contributed by atoms with E-state index >= 15 is 0 Å². The Morgan fingerprint density at radius 1 is 1.33 bits per heavy atom. The number of amides is 1. The Hall–Kier alpha value is -2.96. The molecule has 0 spiro atoms. The molecule has 21 heavy (non-hydrogen) atoms. The summed E-state index contributed by atoms with van der Waals surface area (Å²) in [5.74, 6) is 1.14. The van der Waals surface area contributed by atoms with E-state index in [9.17, 15) is 4.79 Å². The fourth-order valence-electron chi connectivity index (χ4n) is 1.96. The van der Waals surface area contributed by atoms with Crippen molar-refractivity contribution >= 4 is 5.91 Å². The summed E-state index contributed by atoms with van der Waals surface area (Å²) in [6, 6.07) is 10.7. The number of hydrogen-bond donors (Lipinski definition) is 1. The second-order valence-electron chi connectivity index (χ2n) is 4.47. The molecule has 1 amide bonds. The number of furan rings is 1. The summed E-state index contributed by atoms with van der Waals surface area (Å²) < 4.78 is 6.73. The predicted octanol–water partition coefficient (Wildman–Crippen LogP) is 1.40. The summed E-state index contributed by atoms with van der Waals surface area (Å²) in [5, 5.41) is 14.1. The van der Waals surface area contributed by atoms with Crippen molar-refractivity contribution in [2.24, 2.45) is 7.05 Å². The van der Waals surface area contributed by atoms with E-state index in [0.29, 0.717) is 23.7 Å². The Labute approximate surface area is 120 Å². The van der Waals surface area contributed by atoms with Crippen LogP contribution >= 0.6 is 0 Å². The molecule has 7 nitrogen and oxygen atoms in total. The minimum Gasteiger partial charge on any atom is -0.467 e. The third-order valence-electron chi connectivity index (χ3n) is 3.01. The number of carbonyl (C=O) groups is 1. The van der Waals surface area contributed by atoms with Gasteiger partial charge in [-0.25, -0.2) is 4.68 Å². The lowest BCUT2D eigenvalue weighted by Crippen LogP contribution is -2.22. The third-order valence-corrected chi connectivity index (χ3v) is 3.01. The molecule has 3 rings (SSSR count). The maximum absolute atomic E-state index is 12.1. The molecule has 0 unspecified atom stereocenters. The normalized spacial score (nSPS) is 10.5. The molecule has 0 radical (unpaired) electrons. The fourth-order valence-corrected chi connectivity index (χ4v) is 1.96. The Morgan fingerprint density at radius 3 is 2.95 bits per heavy atom. The molecule has 0 bridgehead atoms. The molecule has 0 atom stereocenters. The zero-order valence-electron chi connectivity index (χ0n) is 11.4. The highest BCUT2D eigenvalue weighted by Gasteiger charge is 2.10. The summed E-state index contributed by atoms with van der Waals surface area (Å²) >= 11 is 0.